The van der Waals surface area contributed by atoms with Gasteiger partial charge in [-0.3, -0.25) is 0 Å². The lowest BCUT2D eigenvalue weighted by atomic mass is 11.2. The molecule has 0 nitrogen and oxygen atoms in total. The van der Waals surface area contributed by atoms with Gasteiger partial charge in [-0.25, -0.2) is 0 Å². The van der Waals surface area contributed by atoms with Crippen LogP contribution in [0.5, 0.6) is 0 Å². The van der Waals surface area contributed by atoms with Gasteiger partial charge < -0.3 is 0 Å². The van der Waals surface area contributed by atoms with Crippen molar-refractivity contribution >= 4 is 17.2 Å². The average Bonchev–Trinajstić information content (AvgIpc) is 1.38. The molecule has 0 aliphatic carbocycles. The minimum atomic E-state index is -1.93. The Morgan fingerprint density at radius 1 is 1.60 bits per heavy atom. The molecule has 0 saturated carbocycles. The van der Waals surface area contributed by atoms with E-state index in [4.69, 9.17) is 0 Å². The standard InChI is InChI=1S/C2F2S/c3-2(4)1-5. The van der Waals surface area contributed by atoms with Crippen LogP contribution >= 0.6 is 12.2 Å². The SMILES string of the molecule is FC(F)=C=S. The van der Waals surface area contributed by atoms with Gasteiger partial charge in [0.2, 0.25) is 0 Å². The largest absolute Gasteiger partial charge is 0.324 e. The topological polar surface area (TPSA) is 0 Å². The van der Waals surface area contributed by atoms with Gasteiger partial charge in [-0.2, -0.15) is 8.78 Å². The molecule has 0 radical (unpaired) electrons. The third-order valence-electron chi connectivity index (χ3n) is 0.0772. The van der Waals surface area contributed by atoms with Crippen molar-refractivity contribution in [2.75, 3.05) is 0 Å². The third kappa shape index (κ3) is 3.73. The van der Waals surface area contributed by atoms with E-state index in [1.165, 1.54) is 5.02 Å². The zero-order valence-electron chi connectivity index (χ0n) is 2.16. The van der Waals surface area contributed by atoms with Crippen LogP contribution in [0.25, 0.3) is 0 Å². The van der Waals surface area contributed by atoms with Gasteiger partial charge in [0.25, 0.3) is 0 Å². The highest BCUT2D eigenvalue weighted by molar-refractivity contribution is 7.78. The Kier molecular flexibility index (Phi) is 1.89. The molecular weight excluding hydrogens is 94.1 g/mol. The second-order valence-corrected chi connectivity index (χ2v) is 0.567. The van der Waals surface area contributed by atoms with Gasteiger partial charge >= 0.3 is 6.08 Å². The predicted molar refractivity (Wildman–Crippen MR) is 18.3 cm³/mol. The van der Waals surface area contributed by atoms with Gasteiger partial charge in [-0.05, 0) is 12.2 Å². The molecule has 0 aliphatic rings. The highest BCUT2D eigenvalue weighted by Crippen LogP contribution is 1.85. The Bertz CT molecular complexity index is 67.7. The Morgan fingerprint density at radius 3 is 1.80 bits per heavy atom. The van der Waals surface area contributed by atoms with E-state index in [0.29, 0.717) is 0 Å². The van der Waals surface area contributed by atoms with E-state index in [0.717, 1.165) is 0 Å². The van der Waals surface area contributed by atoms with Crippen molar-refractivity contribution in [3.05, 3.63) is 6.08 Å². The van der Waals surface area contributed by atoms with Gasteiger partial charge in [0.1, 0.15) is 0 Å². The fourth-order valence-corrected chi connectivity index (χ4v) is 0. The lowest BCUT2D eigenvalue weighted by Crippen LogP contribution is -1.45. The zero-order chi connectivity index (χ0) is 4.28. The van der Waals surface area contributed by atoms with Crippen LogP contribution in [0, 0.1) is 0 Å². The van der Waals surface area contributed by atoms with Crippen molar-refractivity contribution in [2.45, 2.75) is 0 Å². The monoisotopic (exact) mass is 94.0 g/mol. The van der Waals surface area contributed by atoms with Crippen LogP contribution in [-0.2, 0) is 0 Å². The van der Waals surface area contributed by atoms with E-state index >= 15 is 0 Å². The van der Waals surface area contributed by atoms with E-state index < -0.39 is 6.08 Å². The quantitative estimate of drug-likeness (QED) is 0.408. The molecule has 0 rings (SSSR count). The first-order chi connectivity index (χ1) is 2.27. The lowest BCUT2D eigenvalue weighted by molar-refractivity contribution is 0.435. The lowest BCUT2D eigenvalue weighted by Gasteiger charge is -1.54. The van der Waals surface area contributed by atoms with Gasteiger partial charge in [0, 0.05) is 5.02 Å². The summed E-state index contributed by atoms with van der Waals surface area (Å²) in [5.41, 5.74) is 0. The van der Waals surface area contributed by atoms with Crippen LogP contribution in [0.15, 0.2) is 6.08 Å². The van der Waals surface area contributed by atoms with Crippen LogP contribution in [-0.4, -0.2) is 5.02 Å². The van der Waals surface area contributed by atoms with E-state index in [2.05, 4.69) is 12.2 Å². The molecule has 0 saturated heterocycles. The summed E-state index contributed by atoms with van der Waals surface area (Å²) < 4.78 is 20.9. The second kappa shape index (κ2) is 2.00. The van der Waals surface area contributed by atoms with Crippen LogP contribution in [0.2, 0.25) is 0 Å². The van der Waals surface area contributed by atoms with Crippen molar-refractivity contribution in [2.24, 2.45) is 0 Å². The molecule has 0 unspecified atom stereocenters. The molecule has 0 amide bonds. The van der Waals surface area contributed by atoms with Gasteiger partial charge in [-0.1, -0.05) is 0 Å². The first-order valence-electron chi connectivity index (χ1n) is 0.832. The van der Waals surface area contributed by atoms with E-state index in [1.54, 1.807) is 0 Å². The minimum Gasteiger partial charge on any atom is -0.163 e. The Balaban J connectivity index is 3.60. The van der Waals surface area contributed by atoms with Gasteiger partial charge in [0.05, 0.1) is 0 Å². The van der Waals surface area contributed by atoms with Crippen molar-refractivity contribution in [1.82, 2.24) is 0 Å². The molecule has 0 heterocycles. The van der Waals surface area contributed by atoms with E-state index in [1.807, 2.05) is 0 Å². The molecule has 0 fully saturated rings. The average molecular weight is 94.1 g/mol. The zero-order valence-corrected chi connectivity index (χ0v) is 2.98. The van der Waals surface area contributed by atoms with Crippen molar-refractivity contribution in [1.29, 1.82) is 0 Å². The maximum atomic E-state index is 10.5. The van der Waals surface area contributed by atoms with Crippen molar-refractivity contribution in [3.8, 4) is 0 Å². The van der Waals surface area contributed by atoms with Crippen molar-refractivity contribution in [3.63, 3.8) is 0 Å². The Hall–Kier alpha value is -0.270. The van der Waals surface area contributed by atoms with Crippen LogP contribution in [0.4, 0.5) is 8.78 Å². The number of thiocarbonyl (C=S) groups is 1. The highest BCUT2D eigenvalue weighted by Gasteiger charge is 1.73. The number of halogens is 2. The fraction of sp³-hybridized carbons (Fsp3) is 0. The van der Waals surface area contributed by atoms with Gasteiger partial charge in [-0.15, -0.1) is 0 Å². The Labute approximate surface area is 33.1 Å². The van der Waals surface area contributed by atoms with Crippen molar-refractivity contribution < 1.29 is 8.78 Å². The summed E-state index contributed by atoms with van der Waals surface area (Å²) in [4.78, 5) is 0. The summed E-state index contributed by atoms with van der Waals surface area (Å²) in [5.74, 6) is 0. The van der Waals surface area contributed by atoms with Gasteiger partial charge in [0.15, 0.2) is 0 Å². The molecule has 0 N–H and O–H groups in total. The molecule has 0 aliphatic heterocycles. The maximum Gasteiger partial charge on any atom is 0.324 e. The maximum absolute atomic E-state index is 10.5. The summed E-state index contributed by atoms with van der Waals surface area (Å²) in [7, 11) is 0. The number of hydrogen-bond acceptors (Lipinski definition) is 1. The molecule has 0 aromatic heterocycles. The smallest absolute Gasteiger partial charge is 0.163 e. The molecule has 0 aromatic rings. The summed E-state index contributed by atoms with van der Waals surface area (Å²) in [6, 6.07) is 0. The summed E-state index contributed by atoms with van der Waals surface area (Å²) >= 11 is 3.64. The van der Waals surface area contributed by atoms with Crippen LogP contribution in [0.1, 0.15) is 0 Å². The molecular formula is C2F2S. The fourth-order valence-electron chi connectivity index (χ4n) is 0. The minimum absolute atomic E-state index is 1.19. The first-order valence-corrected chi connectivity index (χ1v) is 1.24. The summed E-state index contributed by atoms with van der Waals surface area (Å²) in [6.07, 6.45) is -1.93. The number of hydrogen-bond donors (Lipinski definition) is 0. The Morgan fingerprint density at radius 2 is 1.80 bits per heavy atom. The van der Waals surface area contributed by atoms with Crippen LogP contribution < -0.4 is 0 Å². The molecule has 0 spiro atoms. The molecule has 0 atom stereocenters. The molecule has 0 bridgehead atoms. The van der Waals surface area contributed by atoms with E-state index in [-0.39, 0.29) is 0 Å². The highest BCUT2D eigenvalue weighted by atomic mass is 32.1. The molecule has 0 aromatic carbocycles. The first kappa shape index (κ1) is 4.73. The molecule has 3 heteroatoms. The predicted octanol–water partition coefficient (Wildman–Crippen LogP) is 1.37. The third-order valence-corrected chi connectivity index (χ3v) is 0.231. The van der Waals surface area contributed by atoms with E-state index in [9.17, 15) is 8.78 Å². The summed E-state index contributed by atoms with van der Waals surface area (Å²) in [6.45, 7) is 0. The normalized spacial score (nSPS) is 6.00. The number of rotatable bonds is 0. The molecule has 5 heavy (non-hydrogen) atoms. The second-order valence-electron chi connectivity index (χ2n) is 0.362. The molecule has 28 valence electrons. The summed E-state index contributed by atoms with van der Waals surface area (Å²) in [5, 5.41) is 1.19. The van der Waals surface area contributed by atoms with Crippen LogP contribution in [0.3, 0.4) is 0 Å².